The molecule has 0 saturated heterocycles. The fourth-order valence-corrected chi connectivity index (χ4v) is 2.65. The van der Waals surface area contributed by atoms with Crippen LogP contribution in [0.1, 0.15) is 48.5 Å². The zero-order valence-corrected chi connectivity index (χ0v) is 11.9. The number of carbonyl (C=O) groups excluding carboxylic acids is 1. The normalized spacial score (nSPS) is 13.7. The van der Waals surface area contributed by atoms with Gasteiger partial charge < -0.3 is 4.52 Å². The van der Waals surface area contributed by atoms with Crippen LogP contribution >= 0.6 is 7.82 Å². The Hall–Kier alpha value is -0.380. The maximum atomic E-state index is 12.2. The van der Waals surface area contributed by atoms with E-state index in [2.05, 4.69) is 4.52 Å². The van der Waals surface area contributed by atoms with E-state index >= 15 is 0 Å². The maximum Gasteiger partial charge on any atom is 0.533 e. The monoisotopic (exact) mass is 252 g/mol. The summed E-state index contributed by atoms with van der Waals surface area (Å²) >= 11 is 0. The van der Waals surface area contributed by atoms with E-state index in [4.69, 9.17) is 9.05 Å². The first-order valence-corrected chi connectivity index (χ1v) is 6.51. The number of hydrogen-bond donors (Lipinski definition) is 0. The van der Waals surface area contributed by atoms with E-state index in [0.717, 1.165) is 6.92 Å². The van der Waals surface area contributed by atoms with Gasteiger partial charge in [-0.2, -0.15) is 0 Å². The molecule has 0 saturated carbocycles. The molecule has 0 spiro atoms. The lowest BCUT2D eigenvalue weighted by Crippen LogP contribution is -2.25. The molecule has 0 aromatic rings. The first-order chi connectivity index (χ1) is 6.83. The smallest absolute Gasteiger partial charge is 0.371 e. The molecule has 0 aliphatic rings. The van der Waals surface area contributed by atoms with E-state index in [0.29, 0.717) is 0 Å². The molecule has 6 heteroatoms. The molecule has 96 valence electrons. The summed E-state index contributed by atoms with van der Waals surface area (Å²) in [5, 5.41) is 0. The van der Waals surface area contributed by atoms with Crippen LogP contribution in [0.3, 0.4) is 0 Å². The molecule has 0 heterocycles. The molecule has 16 heavy (non-hydrogen) atoms. The molecule has 0 aromatic carbocycles. The average Bonchev–Trinajstić information content (AvgIpc) is 1.69. The van der Waals surface area contributed by atoms with Gasteiger partial charge in [0.15, 0.2) is 0 Å². The van der Waals surface area contributed by atoms with Crippen molar-refractivity contribution in [3.63, 3.8) is 0 Å². The molecular weight excluding hydrogens is 231 g/mol. The third-order valence-corrected chi connectivity index (χ3v) is 3.04. The Balaban J connectivity index is 4.90. The third-order valence-electron chi connectivity index (χ3n) is 1.01. The van der Waals surface area contributed by atoms with Crippen molar-refractivity contribution in [2.45, 2.75) is 59.7 Å². The molecule has 0 fully saturated rings. The quantitative estimate of drug-likeness (QED) is 0.721. The van der Waals surface area contributed by atoms with Crippen LogP contribution in [-0.2, 0) is 22.9 Å². The van der Waals surface area contributed by atoms with Crippen LogP contribution in [-0.4, -0.2) is 17.2 Å². The summed E-state index contributed by atoms with van der Waals surface area (Å²) in [6.07, 6.45) is 0. The number of rotatable bonds is 3. The second kappa shape index (κ2) is 4.86. The number of carbonyl (C=O) groups is 1. The molecule has 5 nitrogen and oxygen atoms in total. The highest BCUT2D eigenvalue weighted by Gasteiger charge is 2.39. The zero-order chi connectivity index (χ0) is 13.2. The summed E-state index contributed by atoms with van der Waals surface area (Å²) in [7, 11) is -3.87. The Kier molecular flexibility index (Phi) is 4.75. The SMILES string of the molecule is CC(=O)OP(=O)(OC(C)(C)C)OC(C)(C)C. The maximum absolute atomic E-state index is 12.2. The summed E-state index contributed by atoms with van der Waals surface area (Å²) in [5.74, 6) is -0.697. The molecule has 0 radical (unpaired) electrons. The Morgan fingerprint density at radius 2 is 1.25 bits per heavy atom. The first-order valence-electron chi connectivity index (χ1n) is 5.05. The summed E-state index contributed by atoms with van der Waals surface area (Å²) < 4.78 is 27.2. The van der Waals surface area contributed by atoms with Gasteiger partial charge in [-0.05, 0) is 41.5 Å². The first kappa shape index (κ1) is 15.6. The molecule has 0 aromatic heterocycles. The summed E-state index contributed by atoms with van der Waals surface area (Å²) in [4.78, 5) is 10.9. The van der Waals surface area contributed by atoms with Crippen molar-refractivity contribution in [3.8, 4) is 0 Å². The van der Waals surface area contributed by atoms with Crippen LogP contribution in [0.5, 0.6) is 0 Å². The largest absolute Gasteiger partial charge is 0.533 e. The highest BCUT2D eigenvalue weighted by Crippen LogP contribution is 2.55. The van der Waals surface area contributed by atoms with Gasteiger partial charge >= 0.3 is 13.8 Å². The van der Waals surface area contributed by atoms with Gasteiger partial charge in [-0.25, -0.2) is 4.57 Å². The van der Waals surface area contributed by atoms with Gasteiger partial charge in [0.2, 0.25) is 0 Å². The van der Waals surface area contributed by atoms with Gasteiger partial charge in [0, 0.05) is 6.92 Å². The van der Waals surface area contributed by atoms with Crippen LogP contribution in [0.4, 0.5) is 0 Å². The standard InChI is InChI=1S/C10H21O5P/c1-8(11)13-16(12,14-9(2,3)4)15-10(5,6)7/h1-7H3. The Bertz CT molecular complexity index is 277. The number of phosphoric acid groups is 1. The fraction of sp³-hybridized carbons (Fsp3) is 0.900. The molecule has 0 N–H and O–H groups in total. The van der Waals surface area contributed by atoms with E-state index < -0.39 is 25.0 Å². The third kappa shape index (κ3) is 7.85. The predicted octanol–water partition coefficient (Wildman–Crippen LogP) is 3.29. The molecule has 0 amide bonds. The average molecular weight is 252 g/mol. The van der Waals surface area contributed by atoms with Crippen LogP contribution in [0.15, 0.2) is 0 Å². The molecule has 0 aliphatic carbocycles. The van der Waals surface area contributed by atoms with Crippen molar-refractivity contribution in [1.82, 2.24) is 0 Å². The van der Waals surface area contributed by atoms with E-state index in [1.165, 1.54) is 0 Å². The second-order valence-electron chi connectivity index (χ2n) is 5.44. The minimum absolute atomic E-state index is 0.697. The van der Waals surface area contributed by atoms with Crippen molar-refractivity contribution in [2.24, 2.45) is 0 Å². The van der Waals surface area contributed by atoms with Crippen LogP contribution in [0, 0.1) is 0 Å². The van der Waals surface area contributed by atoms with Crippen molar-refractivity contribution in [3.05, 3.63) is 0 Å². The molecule has 0 unspecified atom stereocenters. The minimum Gasteiger partial charge on any atom is -0.371 e. The fourth-order valence-electron chi connectivity index (χ4n) is 0.884. The summed E-state index contributed by atoms with van der Waals surface area (Å²) in [6.45, 7) is 11.4. The van der Waals surface area contributed by atoms with Crippen molar-refractivity contribution >= 4 is 13.8 Å². The Morgan fingerprint density at radius 1 is 0.938 bits per heavy atom. The Morgan fingerprint density at radius 3 is 1.44 bits per heavy atom. The topological polar surface area (TPSA) is 61.8 Å². The van der Waals surface area contributed by atoms with Crippen molar-refractivity contribution in [1.29, 1.82) is 0 Å². The van der Waals surface area contributed by atoms with Gasteiger partial charge in [0.1, 0.15) is 0 Å². The van der Waals surface area contributed by atoms with E-state index in [9.17, 15) is 9.36 Å². The molecule has 0 aliphatic heterocycles. The molecule has 0 rings (SSSR count). The lowest BCUT2D eigenvalue weighted by Gasteiger charge is -2.29. The summed E-state index contributed by atoms with van der Waals surface area (Å²) in [6, 6.07) is 0. The van der Waals surface area contributed by atoms with Crippen LogP contribution in [0.25, 0.3) is 0 Å². The lowest BCUT2D eigenvalue weighted by molar-refractivity contribution is -0.135. The second-order valence-corrected chi connectivity index (χ2v) is 6.88. The van der Waals surface area contributed by atoms with Gasteiger partial charge in [-0.3, -0.25) is 13.8 Å². The summed E-state index contributed by atoms with van der Waals surface area (Å²) in [5.41, 5.74) is -1.45. The molecule has 0 bridgehead atoms. The van der Waals surface area contributed by atoms with E-state index in [-0.39, 0.29) is 0 Å². The van der Waals surface area contributed by atoms with E-state index in [1.54, 1.807) is 41.5 Å². The van der Waals surface area contributed by atoms with Gasteiger partial charge in [-0.15, -0.1) is 0 Å². The van der Waals surface area contributed by atoms with Crippen LogP contribution < -0.4 is 0 Å². The van der Waals surface area contributed by atoms with E-state index in [1.807, 2.05) is 0 Å². The highest BCUT2D eigenvalue weighted by molar-refractivity contribution is 7.49. The Labute approximate surface area is 97.1 Å². The number of hydrogen-bond acceptors (Lipinski definition) is 5. The zero-order valence-electron chi connectivity index (χ0n) is 11.0. The van der Waals surface area contributed by atoms with Crippen molar-refractivity contribution in [2.75, 3.05) is 0 Å². The highest BCUT2D eigenvalue weighted by atomic mass is 31.2. The van der Waals surface area contributed by atoms with Gasteiger partial charge in [0.25, 0.3) is 0 Å². The van der Waals surface area contributed by atoms with Crippen molar-refractivity contribution < 1.29 is 22.9 Å². The van der Waals surface area contributed by atoms with Gasteiger partial charge in [-0.1, -0.05) is 0 Å². The predicted molar refractivity (Wildman–Crippen MR) is 61.0 cm³/mol. The van der Waals surface area contributed by atoms with Gasteiger partial charge in [0.05, 0.1) is 11.2 Å². The molecule has 0 atom stereocenters. The number of phosphoric ester groups is 1. The molecular formula is C10H21O5P. The lowest BCUT2D eigenvalue weighted by atomic mass is 10.2. The minimum atomic E-state index is -3.87. The van der Waals surface area contributed by atoms with Crippen LogP contribution in [0.2, 0.25) is 0 Å².